The van der Waals surface area contributed by atoms with Crippen LogP contribution in [0.4, 0.5) is 0 Å². The van der Waals surface area contributed by atoms with Gasteiger partial charge in [-0.25, -0.2) is 0 Å². The van der Waals surface area contributed by atoms with Gasteiger partial charge in [0.1, 0.15) is 0 Å². The van der Waals surface area contributed by atoms with E-state index < -0.39 is 0 Å². The molecule has 1 unspecified atom stereocenters. The minimum atomic E-state index is 0.339. The van der Waals surface area contributed by atoms with Crippen molar-refractivity contribution in [2.75, 3.05) is 13.1 Å². The van der Waals surface area contributed by atoms with Crippen molar-refractivity contribution in [1.82, 2.24) is 4.90 Å². The van der Waals surface area contributed by atoms with Gasteiger partial charge in [-0.2, -0.15) is 0 Å². The molecule has 0 N–H and O–H groups in total. The summed E-state index contributed by atoms with van der Waals surface area (Å²) < 4.78 is 1.15. The second-order valence-corrected chi connectivity index (χ2v) is 5.64. The van der Waals surface area contributed by atoms with Crippen molar-refractivity contribution < 1.29 is 0 Å². The summed E-state index contributed by atoms with van der Waals surface area (Å²) in [5.41, 5.74) is 1.36. The topological polar surface area (TPSA) is 3.24 Å². The summed E-state index contributed by atoms with van der Waals surface area (Å²) in [6, 6.07) is 8.49. The molecule has 0 saturated carbocycles. The SMILES string of the molecule is ClC1CCCN(Cc2cccc(Br)c2)C1. The molecule has 0 spiro atoms. The van der Waals surface area contributed by atoms with Crippen LogP contribution in [0.2, 0.25) is 0 Å². The number of alkyl halides is 1. The van der Waals surface area contributed by atoms with Crippen LogP contribution >= 0.6 is 27.5 Å². The summed E-state index contributed by atoms with van der Waals surface area (Å²) in [6.07, 6.45) is 2.39. The predicted molar refractivity (Wildman–Crippen MR) is 68.3 cm³/mol. The zero-order valence-electron chi connectivity index (χ0n) is 8.63. The van der Waals surface area contributed by atoms with Crippen LogP contribution in [0.5, 0.6) is 0 Å². The van der Waals surface area contributed by atoms with Crippen molar-refractivity contribution in [2.45, 2.75) is 24.8 Å². The van der Waals surface area contributed by atoms with Gasteiger partial charge in [-0.15, -0.1) is 11.6 Å². The van der Waals surface area contributed by atoms with Crippen molar-refractivity contribution in [1.29, 1.82) is 0 Å². The Morgan fingerprint density at radius 3 is 3.07 bits per heavy atom. The standard InChI is InChI=1S/C12H15BrClN/c13-11-4-1-3-10(7-11)8-15-6-2-5-12(14)9-15/h1,3-4,7,12H,2,5-6,8-9H2. The van der Waals surface area contributed by atoms with Crippen molar-refractivity contribution in [2.24, 2.45) is 0 Å². The second kappa shape index (κ2) is 5.33. The molecule has 1 heterocycles. The fraction of sp³-hybridized carbons (Fsp3) is 0.500. The lowest BCUT2D eigenvalue weighted by Gasteiger charge is -2.29. The smallest absolute Gasteiger partial charge is 0.0463 e. The van der Waals surface area contributed by atoms with Crippen molar-refractivity contribution in [3.63, 3.8) is 0 Å². The van der Waals surface area contributed by atoms with Gasteiger partial charge in [0.15, 0.2) is 0 Å². The first-order valence-electron chi connectivity index (χ1n) is 5.35. The molecule has 0 amide bonds. The predicted octanol–water partition coefficient (Wildman–Crippen LogP) is 3.65. The second-order valence-electron chi connectivity index (χ2n) is 4.10. The molecule has 1 atom stereocenters. The van der Waals surface area contributed by atoms with Crippen LogP contribution in [-0.4, -0.2) is 23.4 Å². The van der Waals surface area contributed by atoms with Gasteiger partial charge in [-0.1, -0.05) is 28.1 Å². The Kier molecular flexibility index (Phi) is 4.06. The van der Waals surface area contributed by atoms with E-state index in [9.17, 15) is 0 Å². The first-order valence-corrected chi connectivity index (χ1v) is 6.58. The lowest BCUT2D eigenvalue weighted by molar-refractivity contribution is 0.224. The molecule has 0 aromatic heterocycles. The normalized spacial score (nSPS) is 22.9. The first-order chi connectivity index (χ1) is 7.24. The molecule has 2 rings (SSSR count). The third-order valence-electron chi connectivity index (χ3n) is 2.74. The number of rotatable bonds is 2. The molecule has 1 aromatic carbocycles. The number of halogens is 2. The molecule has 1 aliphatic rings. The Hall–Kier alpha value is -0.0500. The van der Waals surface area contributed by atoms with Crippen LogP contribution in [0.15, 0.2) is 28.7 Å². The Morgan fingerprint density at radius 2 is 2.33 bits per heavy atom. The molecule has 1 saturated heterocycles. The number of piperidine rings is 1. The van der Waals surface area contributed by atoms with E-state index in [-0.39, 0.29) is 0 Å². The molecule has 1 aliphatic heterocycles. The molecule has 82 valence electrons. The van der Waals surface area contributed by atoms with E-state index in [1.165, 1.54) is 18.5 Å². The van der Waals surface area contributed by atoms with Gasteiger partial charge in [0, 0.05) is 22.9 Å². The van der Waals surface area contributed by atoms with Crippen LogP contribution in [-0.2, 0) is 6.54 Å². The van der Waals surface area contributed by atoms with E-state index in [2.05, 4.69) is 45.1 Å². The maximum atomic E-state index is 6.16. The number of benzene rings is 1. The van der Waals surface area contributed by atoms with Crippen molar-refractivity contribution >= 4 is 27.5 Å². The molecule has 0 bridgehead atoms. The number of likely N-dealkylation sites (tertiary alicyclic amines) is 1. The average molecular weight is 289 g/mol. The third-order valence-corrected chi connectivity index (χ3v) is 3.59. The van der Waals surface area contributed by atoms with E-state index in [0.717, 1.165) is 24.0 Å². The summed E-state index contributed by atoms with van der Waals surface area (Å²) in [7, 11) is 0. The van der Waals surface area contributed by atoms with E-state index in [1.807, 2.05) is 0 Å². The Labute approximate surface area is 105 Å². The Bertz CT molecular complexity index is 329. The van der Waals surface area contributed by atoms with E-state index in [4.69, 9.17) is 11.6 Å². The highest BCUT2D eigenvalue weighted by Crippen LogP contribution is 2.19. The largest absolute Gasteiger partial charge is 0.298 e. The fourth-order valence-electron chi connectivity index (χ4n) is 2.04. The van der Waals surface area contributed by atoms with Gasteiger partial charge >= 0.3 is 0 Å². The zero-order chi connectivity index (χ0) is 10.7. The van der Waals surface area contributed by atoms with Gasteiger partial charge in [0.2, 0.25) is 0 Å². The average Bonchev–Trinajstić information content (AvgIpc) is 2.17. The summed E-state index contributed by atoms with van der Waals surface area (Å²) in [5, 5.41) is 0.339. The van der Waals surface area contributed by atoms with Crippen LogP contribution in [0.1, 0.15) is 18.4 Å². The van der Waals surface area contributed by atoms with E-state index in [0.29, 0.717) is 5.38 Å². The molecule has 1 aromatic rings. The quantitative estimate of drug-likeness (QED) is 0.751. The summed E-state index contributed by atoms with van der Waals surface area (Å²) in [5.74, 6) is 0. The molecule has 1 fully saturated rings. The molecule has 0 aliphatic carbocycles. The fourth-order valence-corrected chi connectivity index (χ4v) is 2.83. The highest BCUT2D eigenvalue weighted by atomic mass is 79.9. The van der Waals surface area contributed by atoms with Crippen LogP contribution in [0.25, 0.3) is 0 Å². The minimum Gasteiger partial charge on any atom is -0.298 e. The monoisotopic (exact) mass is 287 g/mol. The number of nitrogens with zero attached hydrogens (tertiary/aromatic N) is 1. The Morgan fingerprint density at radius 1 is 1.47 bits per heavy atom. The first kappa shape index (κ1) is 11.4. The molecule has 15 heavy (non-hydrogen) atoms. The molecular formula is C12H15BrClN. The molecule has 3 heteroatoms. The minimum absolute atomic E-state index is 0.339. The van der Waals surface area contributed by atoms with Gasteiger partial charge in [0.05, 0.1) is 0 Å². The molecule has 0 radical (unpaired) electrons. The van der Waals surface area contributed by atoms with E-state index >= 15 is 0 Å². The van der Waals surface area contributed by atoms with Crippen molar-refractivity contribution in [3.8, 4) is 0 Å². The van der Waals surface area contributed by atoms with Gasteiger partial charge < -0.3 is 0 Å². The molecule has 1 nitrogen and oxygen atoms in total. The van der Waals surface area contributed by atoms with Gasteiger partial charge in [-0.3, -0.25) is 4.90 Å². The zero-order valence-corrected chi connectivity index (χ0v) is 11.0. The third kappa shape index (κ3) is 3.47. The van der Waals surface area contributed by atoms with Crippen LogP contribution in [0.3, 0.4) is 0 Å². The maximum Gasteiger partial charge on any atom is 0.0463 e. The number of hydrogen-bond donors (Lipinski definition) is 0. The highest BCUT2D eigenvalue weighted by Gasteiger charge is 2.17. The van der Waals surface area contributed by atoms with E-state index in [1.54, 1.807) is 0 Å². The highest BCUT2D eigenvalue weighted by molar-refractivity contribution is 9.10. The Balaban J connectivity index is 1.96. The van der Waals surface area contributed by atoms with Crippen LogP contribution < -0.4 is 0 Å². The lowest BCUT2D eigenvalue weighted by atomic mass is 10.1. The lowest BCUT2D eigenvalue weighted by Crippen LogP contribution is -2.35. The summed E-state index contributed by atoms with van der Waals surface area (Å²) in [4.78, 5) is 2.43. The number of hydrogen-bond acceptors (Lipinski definition) is 1. The van der Waals surface area contributed by atoms with Crippen LogP contribution in [0, 0.1) is 0 Å². The maximum absolute atomic E-state index is 6.16. The molecular weight excluding hydrogens is 273 g/mol. The van der Waals surface area contributed by atoms with Gasteiger partial charge in [0.25, 0.3) is 0 Å². The summed E-state index contributed by atoms with van der Waals surface area (Å²) >= 11 is 9.65. The van der Waals surface area contributed by atoms with Gasteiger partial charge in [-0.05, 0) is 37.1 Å². The van der Waals surface area contributed by atoms with Crippen molar-refractivity contribution in [3.05, 3.63) is 34.3 Å². The summed E-state index contributed by atoms with van der Waals surface area (Å²) in [6.45, 7) is 3.21.